The highest BCUT2D eigenvalue weighted by Gasteiger charge is 2.11. The van der Waals surface area contributed by atoms with Crippen LogP contribution < -0.4 is 5.73 Å². The van der Waals surface area contributed by atoms with Crippen molar-refractivity contribution in [3.8, 4) is 11.3 Å². The Bertz CT molecular complexity index is 468. The van der Waals surface area contributed by atoms with Crippen LogP contribution >= 0.6 is 11.3 Å². The van der Waals surface area contributed by atoms with Crippen LogP contribution in [0.1, 0.15) is 0 Å². The van der Waals surface area contributed by atoms with Crippen LogP contribution in [0.4, 0.5) is 13.8 Å². The van der Waals surface area contributed by atoms with E-state index in [1.807, 2.05) is 0 Å². The van der Waals surface area contributed by atoms with Crippen molar-refractivity contribution in [2.75, 3.05) is 5.73 Å². The predicted molar refractivity (Wildman–Crippen MR) is 51.9 cm³/mol. The molecule has 0 aliphatic heterocycles. The Morgan fingerprint density at radius 2 is 2.07 bits per heavy atom. The van der Waals surface area contributed by atoms with Crippen molar-refractivity contribution in [1.82, 2.24) is 4.98 Å². The van der Waals surface area contributed by atoms with E-state index in [1.165, 1.54) is 29.0 Å². The summed E-state index contributed by atoms with van der Waals surface area (Å²) in [7, 11) is 0. The lowest BCUT2D eigenvalue weighted by Gasteiger charge is -2.00. The van der Waals surface area contributed by atoms with E-state index in [1.54, 1.807) is 0 Å². The molecule has 0 atom stereocenters. The number of aromatic nitrogens is 1. The van der Waals surface area contributed by atoms with Crippen molar-refractivity contribution < 1.29 is 8.78 Å². The lowest BCUT2D eigenvalue weighted by atomic mass is 10.1. The zero-order chi connectivity index (χ0) is 10.1. The number of anilines is 1. The summed E-state index contributed by atoms with van der Waals surface area (Å²) in [6, 6.07) is 3.32. The van der Waals surface area contributed by atoms with Crippen LogP contribution in [0.2, 0.25) is 0 Å². The van der Waals surface area contributed by atoms with Crippen molar-refractivity contribution in [1.29, 1.82) is 0 Å². The first-order valence-electron chi connectivity index (χ1n) is 3.83. The van der Waals surface area contributed by atoms with Crippen LogP contribution in [0, 0.1) is 11.6 Å². The van der Waals surface area contributed by atoms with E-state index in [0.29, 0.717) is 10.7 Å². The Kier molecular flexibility index (Phi) is 2.17. The van der Waals surface area contributed by atoms with Gasteiger partial charge >= 0.3 is 0 Å². The molecule has 1 heterocycles. The maximum absolute atomic E-state index is 13.3. The third kappa shape index (κ3) is 1.46. The van der Waals surface area contributed by atoms with Crippen LogP contribution in [0.15, 0.2) is 23.7 Å². The van der Waals surface area contributed by atoms with Gasteiger partial charge in [0.2, 0.25) is 0 Å². The third-order valence-electron chi connectivity index (χ3n) is 1.78. The van der Waals surface area contributed by atoms with E-state index in [9.17, 15) is 8.78 Å². The van der Waals surface area contributed by atoms with Crippen LogP contribution in [0.5, 0.6) is 0 Å². The van der Waals surface area contributed by atoms with E-state index in [4.69, 9.17) is 5.73 Å². The molecule has 1 aromatic carbocycles. The highest BCUT2D eigenvalue weighted by molar-refractivity contribution is 7.14. The quantitative estimate of drug-likeness (QED) is 0.789. The SMILES string of the molecule is Nc1scnc1-c1ccc(F)cc1F. The molecule has 0 saturated heterocycles. The molecule has 0 spiro atoms. The molecule has 2 N–H and O–H groups in total. The molecule has 2 aromatic rings. The Morgan fingerprint density at radius 1 is 1.29 bits per heavy atom. The van der Waals surface area contributed by atoms with E-state index in [0.717, 1.165) is 6.07 Å². The van der Waals surface area contributed by atoms with Gasteiger partial charge in [-0.25, -0.2) is 13.8 Å². The highest BCUT2D eigenvalue weighted by atomic mass is 32.1. The molecule has 14 heavy (non-hydrogen) atoms. The van der Waals surface area contributed by atoms with Crippen LogP contribution in [-0.4, -0.2) is 4.98 Å². The van der Waals surface area contributed by atoms with E-state index >= 15 is 0 Å². The van der Waals surface area contributed by atoms with Gasteiger partial charge in [-0.2, -0.15) is 0 Å². The van der Waals surface area contributed by atoms with Gasteiger partial charge in [-0.15, -0.1) is 11.3 Å². The van der Waals surface area contributed by atoms with Gasteiger partial charge in [-0.1, -0.05) is 0 Å². The molecule has 0 bridgehead atoms. The molecule has 0 saturated carbocycles. The van der Waals surface area contributed by atoms with Crippen molar-refractivity contribution >= 4 is 16.3 Å². The Balaban J connectivity index is 2.58. The van der Waals surface area contributed by atoms with Gasteiger partial charge in [0.05, 0.1) is 5.51 Å². The van der Waals surface area contributed by atoms with Crippen molar-refractivity contribution in [2.45, 2.75) is 0 Å². The Morgan fingerprint density at radius 3 is 2.64 bits per heavy atom. The van der Waals surface area contributed by atoms with Gasteiger partial charge in [0.1, 0.15) is 22.3 Å². The molecule has 0 aliphatic rings. The summed E-state index contributed by atoms with van der Waals surface area (Å²) < 4.78 is 25.9. The normalized spacial score (nSPS) is 10.4. The van der Waals surface area contributed by atoms with Crippen LogP contribution in [0.25, 0.3) is 11.3 Å². The molecule has 0 radical (unpaired) electrons. The summed E-state index contributed by atoms with van der Waals surface area (Å²) >= 11 is 1.22. The van der Waals surface area contributed by atoms with Gasteiger partial charge in [0.15, 0.2) is 0 Å². The second kappa shape index (κ2) is 3.34. The number of hydrogen-bond donors (Lipinski definition) is 1. The molecular formula is C9H6F2N2S. The molecule has 0 aliphatic carbocycles. The van der Waals surface area contributed by atoms with Crippen molar-refractivity contribution in [2.24, 2.45) is 0 Å². The van der Waals surface area contributed by atoms with Gasteiger partial charge in [-0.05, 0) is 12.1 Å². The summed E-state index contributed by atoms with van der Waals surface area (Å²) in [6.07, 6.45) is 0. The molecule has 1 aromatic heterocycles. The molecule has 5 heteroatoms. The first-order chi connectivity index (χ1) is 6.68. The monoisotopic (exact) mass is 212 g/mol. The summed E-state index contributed by atoms with van der Waals surface area (Å²) in [5, 5.41) is 0.426. The maximum Gasteiger partial charge on any atom is 0.135 e. The summed E-state index contributed by atoms with van der Waals surface area (Å²) in [6.45, 7) is 0. The lowest BCUT2D eigenvalue weighted by Crippen LogP contribution is -1.90. The number of nitrogens with zero attached hydrogens (tertiary/aromatic N) is 1. The number of thiazole rings is 1. The van der Waals surface area contributed by atoms with Crippen LogP contribution in [0.3, 0.4) is 0 Å². The molecule has 2 nitrogen and oxygen atoms in total. The number of rotatable bonds is 1. The Labute approximate surface area is 83.0 Å². The summed E-state index contributed by atoms with van der Waals surface area (Å²) in [5.41, 5.74) is 7.69. The number of hydrogen-bond acceptors (Lipinski definition) is 3. The number of benzene rings is 1. The van der Waals surface area contributed by atoms with E-state index in [2.05, 4.69) is 4.98 Å². The Hall–Kier alpha value is -1.49. The van der Waals surface area contributed by atoms with Crippen LogP contribution in [-0.2, 0) is 0 Å². The minimum absolute atomic E-state index is 0.227. The topological polar surface area (TPSA) is 38.9 Å². The summed E-state index contributed by atoms with van der Waals surface area (Å²) in [4.78, 5) is 3.91. The van der Waals surface area contributed by atoms with Gasteiger partial charge < -0.3 is 5.73 Å². The smallest absolute Gasteiger partial charge is 0.135 e. The minimum atomic E-state index is -0.650. The molecule has 72 valence electrons. The molecule has 0 fully saturated rings. The molecule has 0 unspecified atom stereocenters. The zero-order valence-electron chi connectivity index (χ0n) is 7.00. The largest absolute Gasteiger partial charge is 0.389 e. The van der Waals surface area contributed by atoms with E-state index in [-0.39, 0.29) is 5.56 Å². The fourth-order valence-corrected chi connectivity index (χ4v) is 1.69. The fraction of sp³-hybridized carbons (Fsp3) is 0. The van der Waals surface area contributed by atoms with Crippen molar-refractivity contribution in [3.63, 3.8) is 0 Å². The predicted octanol–water partition coefficient (Wildman–Crippen LogP) is 2.67. The first kappa shape index (κ1) is 9.08. The molecule has 2 rings (SSSR count). The molecule has 0 amide bonds. The van der Waals surface area contributed by atoms with Gasteiger partial charge in [0.25, 0.3) is 0 Å². The average Bonchev–Trinajstić information content (AvgIpc) is 2.52. The minimum Gasteiger partial charge on any atom is -0.389 e. The second-order valence-corrected chi connectivity index (χ2v) is 3.58. The number of nitrogen functional groups attached to an aromatic ring is 1. The fourth-order valence-electron chi connectivity index (χ4n) is 1.14. The standard InChI is InChI=1S/C9H6F2N2S/c10-5-1-2-6(7(11)3-5)8-9(12)14-4-13-8/h1-4H,12H2. The van der Waals surface area contributed by atoms with Crippen molar-refractivity contribution in [3.05, 3.63) is 35.3 Å². The van der Waals surface area contributed by atoms with E-state index < -0.39 is 11.6 Å². The lowest BCUT2D eigenvalue weighted by molar-refractivity contribution is 0.585. The average molecular weight is 212 g/mol. The van der Waals surface area contributed by atoms with Gasteiger partial charge in [-0.3, -0.25) is 0 Å². The molecular weight excluding hydrogens is 206 g/mol. The summed E-state index contributed by atoms with van der Waals surface area (Å²) in [5.74, 6) is -1.26. The second-order valence-electron chi connectivity index (χ2n) is 2.69. The third-order valence-corrected chi connectivity index (χ3v) is 2.44. The zero-order valence-corrected chi connectivity index (χ0v) is 7.81. The maximum atomic E-state index is 13.3. The van der Waals surface area contributed by atoms with Gasteiger partial charge in [0, 0.05) is 11.6 Å². The highest BCUT2D eigenvalue weighted by Crippen LogP contribution is 2.29. The first-order valence-corrected chi connectivity index (χ1v) is 4.71. The number of halogens is 2. The number of nitrogens with two attached hydrogens (primary N) is 1.